The molecule has 0 saturated carbocycles. The first kappa shape index (κ1) is 22.5. The van der Waals surface area contributed by atoms with Gasteiger partial charge in [0.25, 0.3) is 0 Å². The van der Waals surface area contributed by atoms with Crippen LogP contribution in [0.25, 0.3) is 51.4 Å². The highest BCUT2D eigenvalue weighted by atomic mass is 32.1. The summed E-state index contributed by atoms with van der Waals surface area (Å²) in [6.07, 6.45) is 0. The Labute approximate surface area is 247 Å². The van der Waals surface area contributed by atoms with Crippen LogP contribution in [0.5, 0.6) is 0 Å². The number of hydrogen-bond donors (Lipinski definition) is 0. The first-order valence-electron chi connectivity index (χ1n) is 13.8. The van der Waals surface area contributed by atoms with E-state index >= 15 is 0 Å². The zero-order chi connectivity index (χ0) is 27.7. The zero-order valence-corrected chi connectivity index (χ0v) is 23.5. The van der Waals surface area contributed by atoms with E-state index in [4.69, 9.17) is 9.97 Å². The van der Waals surface area contributed by atoms with Gasteiger partial charge in [-0.1, -0.05) is 36.4 Å². The first-order valence-corrected chi connectivity index (χ1v) is 15.4. The van der Waals surface area contributed by atoms with E-state index in [1.54, 1.807) is 12.1 Å². The molecule has 6 heteroatoms. The summed E-state index contributed by atoms with van der Waals surface area (Å²) in [6, 6.07) is 34.6. The van der Waals surface area contributed by atoms with Gasteiger partial charge in [0.1, 0.15) is 12.1 Å². The lowest BCUT2D eigenvalue weighted by atomic mass is 9.63. The molecule has 0 saturated heterocycles. The van der Waals surface area contributed by atoms with E-state index < -0.39 is 0 Å². The van der Waals surface area contributed by atoms with Crippen LogP contribution >= 0.6 is 22.7 Å². The van der Waals surface area contributed by atoms with Crippen LogP contribution in [0.4, 0.5) is 0 Å². The molecule has 0 N–H and O–H groups in total. The van der Waals surface area contributed by atoms with E-state index in [9.17, 15) is 10.5 Å². The molecule has 5 aromatic carbocycles. The minimum absolute atomic E-state index is 0.0581. The van der Waals surface area contributed by atoms with Gasteiger partial charge in [-0.15, -0.1) is 22.7 Å². The van der Waals surface area contributed by atoms with Gasteiger partial charge in [0.15, 0.2) is 0 Å². The van der Waals surface area contributed by atoms with Gasteiger partial charge in [-0.25, -0.2) is 9.97 Å². The Bertz CT molecular complexity index is 2510. The molecule has 42 heavy (non-hydrogen) atoms. The number of thiophene rings is 2. The van der Waals surface area contributed by atoms with Crippen molar-refractivity contribution in [2.45, 2.75) is 11.8 Å². The molecule has 8 aromatic rings. The highest BCUT2D eigenvalue weighted by Gasteiger charge is 2.44. The number of benzene rings is 5. The van der Waals surface area contributed by atoms with E-state index in [0.29, 0.717) is 22.2 Å². The van der Waals surface area contributed by atoms with Gasteiger partial charge in [-0.05, 0) is 70.8 Å². The summed E-state index contributed by atoms with van der Waals surface area (Å²) in [5.41, 5.74) is 9.06. The largest absolute Gasteiger partial charge is 0.248 e. The molecule has 4 nitrogen and oxygen atoms in total. The molecule has 3 aliphatic rings. The van der Waals surface area contributed by atoms with Crippen molar-refractivity contribution >= 4 is 74.1 Å². The van der Waals surface area contributed by atoms with Crippen LogP contribution in [0.15, 0.2) is 84.9 Å². The Hall–Kier alpha value is -5.14. The van der Waals surface area contributed by atoms with E-state index in [2.05, 4.69) is 84.9 Å². The molecule has 11 rings (SSSR count). The summed E-state index contributed by atoms with van der Waals surface area (Å²) in [4.78, 5) is 10.4. The second kappa shape index (κ2) is 7.78. The summed E-state index contributed by atoms with van der Waals surface area (Å²) < 4.78 is 5.15. The van der Waals surface area contributed by atoms with Crippen molar-refractivity contribution in [3.8, 4) is 12.1 Å². The number of hydrogen-bond acceptors (Lipinski definition) is 6. The quantitative estimate of drug-likeness (QED) is 0.183. The average Bonchev–Trinajstić information content (AvgIpc) is 3.58. The van der Waals surface area contributed by atoms with Gasteiger partial charge in [0.05, 0.1) is 45.4 Å². The molecule has 0 unspecified atom stereocenters. The summed E-state index contributed by atoms with van der Waals surface area (Å²) >= 11 is 3.68. The molecule has 0 aliphatic heterocycles. The van der Waals surface area contributed by atoms with Gasteiger partial charge >= 0.3 is 0 Å². The van der Waals surface area contributed by atoms with Crippen molar-refractivity contribution in [3.63, 3.8) is 0 Å². The predicted octanol–water partition coefficient (Wildman–Crippen LogP) is 9.10. The molecule has 0 spiro atoms. The fraction of sp³-hybridized carbons (Fsp3) is 0.0556. The van der Waals surface area contributed by atoms with E-state index in [0.717, 1.165) is 11.4 Å². The molecule has 0 atom stereocenters. The Morgan fingerprint density at radius 1 is 0.500 bits per heavy atom. The van der Waals surface area contributed by atoms with Crippen molar-refractivity contribution < 1.29 is 0 Å². The third-order valence-corrected chi connectivity index (χ3v) is 11.3. The average molecular weight is 569 g/mol. The van der Waals surface area contributed by atoms with Crippen LogP contribution in [0.3, 0.4) is 0 Å². The van der Waals surface area contributed by atoms with Crippen molar-refractivity contribution in [1.29, 1.82) is 10.5 Å². The molecule has 3 aromatic heterocycles. The fourth-order valence-electron chi connectivity index (χ4n) is 7.27. The van der Waals surface area contributed by atoms with Crippen LogP contribution < -0.4 is 0 Å². The highest BCUT2D eigenvalue weighted by molar-refractivity contribution is 7.26. The lowest BCUT2D eigenvalue weighted by molar-refractivity contribution is 0.713. The summed E-state index contributed by atoms with van der Waals surface area (Å²) in [6.45, 7) is 0. The van der Waals surface area contributed by atoms with Gasteiger partial charge in [-0.2, -0.15) is 10.5 Å². The summed E-state index contributed by atoms with van der Waals surface area (Å²) in [5.74, 6) is -0.128. The van der Waals surface area contributed by atoms with Gasteiger partial charge < -0.3 is 0 Å². The minimum Gasteiger partial charge on any atom is -0.248 e. The highest BCUT2D eigenvalue weighted by Crippen LogP contribution is 2.57. The Morgan fingerprint density at radius 3 is 1.38 bits per heavy atom. The minimum atomic E-state index is -0.0702. The lowest BCUT2D eigenvalue weighted by Gasteiger charge is -2.40. The second-order valence-electron chi connectivity index (χ2n) is 11.1. The maximum Gasteiger partial charge on any atom is 0.101 e. The molecule has 2 bridgehead atoms. The lowest BCUT2D eigenvalue weighted by Crippen LogP contribution is -2.29. The molecule has 0 fully saturated rings. The molecular formula is C36H16N4S2. The van der Waals surface area contributed by atoms with Gasteiger partial charge in [0.2, 0.25) is 0 Å². The molecule has 192 valence electrons. The third-order valence-electron chi connectivity index (χ3n) is 9.06. The second-order valence-corrected chi connectivity index (χ2v) is 13.3. The number of nitrogens with zero attached hydrogens (tertiary/aromatic N) is 4. The number of nitriles is 2. The van der Waals surface area contributed by atoms with Crippen molar-refractivity contribution in [3.05, 3.63) is 130 Å². The van der Waals surface area contributed by atoms with Crippen molar-refractivity contribution in [1.82, 2.24) is 9.97 Å². The van der Waals surface area contributed by atoms with Crippen LogP contribution in [0.1, 0.15) is 56.6 Å². The topological polar surface area (TPSA) is 73.4 Å². The maximum absolute atomic E-state index is 9.70. The van der Waals surface area contributed by atoms with Gasteiger partial charge in [0, 0.05) is 40.3 Å². The number of fused-ring (bicyclic) bond motifs is 7. The third kappa shape index (κ3) is 2.74. The monoisotopic (exact) mass is 568 g/mol. The standard InChI is InChI=1S/C36H16N4S2/c37-15-17-9-27-28(10-18(17)16-38)40-36-34-25-13-31-21(19-5-1-3-7-29(19)41-31)11-23(25)33(35(36)39-27)24-12-22-20-6-2-4-8-30(20)42-32(22)14-26(24)34/h1-14,33-34H. The Kier molecular flexibility index (Phi) is 4.17. The first-order chi connectivity index (χ1) is 20.7. The van der Waals surface area contributed by atoms with E-state index in [1.165, 1.54) is 62.6 Å². The van der Waals surface area contributed by atoms with Crippen molar-refractivity contribution in [2.24, 2.45) is 0 Å². The van der Waals surface area contributed by atoms with E-state index in [1.807, 2.05) is 22.7 Å². The predicted molar refractivity (Wildman–Crippen MR) is 170 cm³/mol. The normalized spacial score (nSPS) is 16.5. The molecule has 3 heterocycles. The van der Waals surface area contributed by atoms with Crippen LogP contribution in [-0.2, 0) is 0 Å². The zero-order valence-electron chi connectivity index (χ0n) is 21.8. The number of aromatic nitrogens is 2. The SMILES string of the molecule is N#Cc1cc2nc3c(nc2cc1C#N)C1c2cc4c(cc2C3c2cc3sc5ccccc5c3cc21)sc1ccccc14. The maximum atomic E-state index is 9.70. The Balaban J connectivity index is 1.33. The Morgan fingerprint density at radius 2 is 0.929 bits per heavy atom. The van der Waals surface area contributed by atoms with Gasteiger partial charge in [-0.3, -0.25) is 0 Å². The molecule has 3 aliphatic carbocycles. The molecule has 0 amide bonds. The molecular weight excluding hydrogens is 553 g/mol. The summed E-state index contributed by atoms with van der Waals surface area (Å²) in [5, 5.41) is 24.5. The van der Waals surface area contributed by atoms with Crippen LogP contribution in [-0.4, -0.2) is 9.97 Å². The number of rotatable bonds is 0. The van der Waals surface area contributed by atoms with Crippen LogP contribution in [0, 0.1) is 22.7 Å². The van der Waals surface area contributed by atoms with Crippen molar-refractivity contribution in [2.75, 3.05) is 0 Å². The van der Waals surface area contributed by atoms with Crippen LogP contribution in [0.2, 0.25) is 0 Å². The summed E-state index contributed by atoms with van der Waals surface area (Å²) in [7, 11) is 0. The molecule has 0 radical (unpaired) electrons. The van der Waals surface area contributed by atoms with E-state index in [-0.39, 0.29) is 11.8 Å². The smallest absolute Gasteiger partial charge is 0.101 e. The fourth-order valence-corrected chi connectivity index (χ4v) is 9.54.